The van der Waals surface area contributed by atoms with Crippen molar-refractivity contribution < 1.29 is 17.9 Å². The van der Waals surface area contributed by atoms with Crippen LogP contribution in [0.3, 0.4) is 0 Å². The lowest BCUT2D eigenvalue weighted by Crippen LogP contribution is -2.28. The van der Waals surface area contributed by atoms with Gasteiger partial charge in [0.1, 0.15) is 0 Å². The highest BCUT2D eigenvalue weighted by Crippen LogP contribution is 2.58. The number of amides is 2. The van der Waals surface area contributed by atoms with Crippen LogP contribution >= 0.6 is 0 Å². The summed E-state index contributed by atoms with van der Waals surface area (Å²) in [5.41, 5.74) is 2.82. The summed E-state index contributed by atoms with van der Waals surface area (Å²) < 4.78 is 29.4. The Morgan fingerprint density at radius 2 is 2.03 bits per heavy atom. The third kappa shape index (κ3) is 4.46. The topological polar surface area (TPSA) is 110 Å². The van der Waals surface area contributed by atoms with E-state index in [1.807, 2.05) is 25.1 Å². The minimum absolute atomic E-state index is 0.0259. The second-order valence-corrected chi connectivity index (χ2v) is 10.2. The summed E-state index contributed by atoms with van der Waals surface area (Å²) in [5, 5.41) is 5.44. The molecular weight excluding hydrogens is 404 g/mol. The van der Waals surface area contributed by atoms with Gasteiger partial charge >= 0.3 is 6.03 Å². The number of fused-ring (bicyclic) bond motifs is 1. The number of benzene rings is 1. The molecule has 1 saturated carbocycles. The van der Waals surface area contributed by atoms with Crippen LogP contribution < -0.4 is 10.6 Å². The molecule has 1 aromatic carbocycles. The number of ether oxygens (including phenoxy) is 1. The number of carbonyl (C=O) groups is 1. The average molecular weight is 431 g/mol. The Bertz CT molecular complexity index is 1060. The number of anilines is 1. The lowest BCUT2D eigenvalue weighted by Gasteiger charge is -2.22. The lowest BCUT2D eigenvalue weighted by molar-refractivity contribution is 0.0794. The first-order valence-electron chi connectivity index (χ1n) is 10.1. The Morgan fingerprint density at radius 1 is 1.27 bits per heavy atom. The van der Waals surface area contributed by atoms with Crippen LogP contribution in [0.15, 0.2) is 30.3 Å². The Morgan fingerprint density at radius 3 is 2.70 bits per heavy atom. The second kappa shape index (κ2) is 7.96. The number of aromatic nitrogens is 2. The van der Waals surface area contributed by atoms with E-state index in [0.29, 0.717) is 36.3 Å². The Labute approximate surface area is 176 Å². The van der Waals surface area contributed by atoms with E-state index in [9.17, 15) is 13.2 Å². The quantitative estimate of drug-likeness (QED) is 0.729. The summed E-state index contributed by atoms with van der Waals surface area (Å²) in [6.45, 7) is 3.81. The third-order valence-electron chi connectivity index (χ3n) is 5.68. The molecule has 0 bridgehead atoms. The largest absolute Gasteiger partial charge is 0.381 e. The zero-order valence-corrected chi connectivity index (χ0v) is 18.0. The molecule has 0 spiro atoms. The highest BCUT2D eigenvalue weighted by Gasteiger charge is 2.57. The van der Waals surface area contributed by atoms with Gasteiger partial charge in [0.05, 0.1) is 23.7 Å². The first kappa shape index (κ1) is 20.7. The van der Waals surface area contributed by atoms with Gasteiger partial charge in [-0.15, -0.1) is 0 Å². The minimum atomic E-state index is -3.22. The molecule has 2 amide bonds. The molecule has 4 rings (SSSR count). The predicted molar refractivity (Wildman–Crippen MR) is 114 cm³/mol. The van der Waals surface area contributed by atoms with E-state index >= 15 is 0 Å². The van der Waals surface area contributed by atoms with Gasteiger partial charge in [-0.25, -0.2) is 23.2 Å². The molecule has 160 valence electrons. The van der Waals surface area contributed by atoms with E-state index in [1.165, 1.54) is 6.26 Å². The van der Waals surface area contributed by atoms with E-state index in [2.05, 4.69) is 15.6 Å². The fourth-order valence-corrected chi connectivity index (χ4v) is 4.77. The summed E-state index contributed by atoms with van der Waals surface area (Å²) in [7, 11) is -3.22. The molecule has 1 saturated heterocycles. The van der Waals surface area contributed by atoms with E-state index in [0.717, 1.165) is 30.7 Å². The fourth-order valence-electron chi connectivity index (χ4n) is 4.09. The third-order valence-corrected chi connectivity index (χ3v) is 6.50. The molecule has 0 radical (unpaired) electrons. The van der Waals surface area contributed by atoms with Gasteiger partial charge in [0.2, 0.25) is 0 Å². The van der Waals surface area contributed by atoms with Crippen LogP contribution in [0.25, 0.3) is 11.4 Å². The van der Waals surface area contributed by atoms with Crippen LogP contribution in [0.2, 0.25) is 0 Å². The number of urea groups is 1. The summed E-state index contributed by atoms with van der Waals surface area (Å²) in [6.07, 6.45) is 3.11. The second-order valence-electron chi connectivity index (χ2n) is 8.08. The van der Waals surface area contributed by atoms with Gasteiger partial charge in [0.25, 0.3) is 0 Å². The summed E-state index contributed by atoms with van der Waals surface area (Å²) in [5.74, 6) is 0.815. The first-order valence-corrected chi connectivity index (χ1v) is 12.1. The molecule has 2 heterocycles. The van der Waals surface area contributed by atoms with Crippen molar-refractivity contribution in [1.82, 2.24) is 15.3 Å². The highest BCUT2D eigenvalue weighted by atomic mass is 32.2. The molecule has 2 aromatic rings. The SMILES string of the molecule is CCNC(=O)Nc1ccc(-c2nc(CS(C)(=O)=O)cc([C@@]34CCOC[C@@H]3C4)n2)cc1. The maximum Gasteiger partial charge on any atom is 0.319 e. The van der Waals surface area contributed by atoms with Crippen molar-refractivity contribution in [2.45, 2.75) is 30.9 Å². The van der Waals surface area contributed by atoms with Crippen LogP contribution in [0, 0.1) is 5.92 Å². The number of hydrogen-bond acceptors (Lipinski definition) is 6. The van der Waals surface area contributed by atoms with Crippen molar-refractivity contribution in [3.05, 3.63) is 41.7 Å². The van der Waals surface area contributed by atoms with Crippen molar-refractivity contribution >= 4 is 21.6 Å². The van der Waals surface area contributed by atoms with Crippen molar-refractivity contribution in [2.75, 3.05) is 31.3 Å². The van der Waals surface area contributed by atoms with Gasteiger partial charge in [0, 0.05) is 36.1 Å². The molecule has 2 atom stereocenters. The molecule has 1 aliphatic carbocycles. The number of rotatable bonds is 6. The zero-order valence-electron chi connectivity index (χ0n) is 17.1. The number of nitrogens with one attached hydrogen (secondary N) is 2. The van der Waals surface area contributed by atoms with Crippen LogP contribution in [-0.2, 0) is 25.7 Å². The van der Waals surface area contributed by atoms with E-state index < -0.39 is 9.84 Å². The van der Waals surface area contributed by atoms with Crippen molar-refractivity contribution in [2.24, 2.45) is 5.92 Å². The molecule has 1 aromatic heterocycles. The van der Waals surface area contributed by atoms with Gasteiger partial charge in [-0.2, -0.15) is 0 Å². The van der Waals surface area contributed by atoms with Gasteiger partial charge in [-0.3, -0.25) is 0 Å². The van der Waals surface area contributed by atoms with Gasteiger partial charge in [-0.1, -0.05) is 0 Å². The molecule has 8 nitrogen and oxygen atoms in total. The molecule has 0 unspecified atom stereocenters. The zero-order chi connectivity index (χ0) is 21.4. The van der Waals surface area contributed by atoms with Crippen LogP contribution in [0.4, 0.5) is 10.5 Å². The van der Waals surface area contributed by atoms with Crippen LogP contribution in [0.5, 0.6) is 0 Å². The van der Waals surface area contributed by atoms with E-state index in [1.54, 1.807) is 12.1 Å². The van der Waals surface area contributed by atoms with Crippen LogP contribution in [0.1, 0.15) is 31.2 Å². The molecule has 30 heavy (non-hydrogen) atoms. The fraction of sp³-hybridized carbons (Fsp3) is 0.476. The van der Waals surface area contributed by atoms with Gasteiger partial charge in [-0.05, 0) is 56.0 Å². The van der Waals surface area contributed by atoms with E-state index in [4.69, 9.17) is 9.72 Å². The first-order chi connectivity index (χ1) is 14.3. The van der Waals surface area contributed by atoms with Crippen molar-refractivity contribution in [3.8, 4) is 11.4 Å². The number of carbonyl (C=O) groups excluding carboxylic acids is 1. The summed E-state index contributed by atoms with van der Waals surface area (Å²) in [4.78, 5) is 21.1. The van der Waals surface area contributed by atoms with E-state index in [-0.39, 0.29) is 17.2 Å². The van der Waals surface area contributed by atoms with Crippen LogP contribution in [-0.4, -0.2) is 50.4 Å². The highest BCUT2D eigenvalue weighted by molar-refractivity contribution is 7.89. The van der Waals surface area contributed by atoms with Gasteiger partial charge < -0.3 is 15.4 Å². The minimum Gasteiger partial charge on any atom is -0.381 e. The molecule has 1 aliphatic heterocycles. The Hall–Kier alpha value is -2.52. The normalized spacial score (nSPS) is 22.8. The maximum atomic E-state index is 11.9. The smallest absolute Gasteiger partial charge is 0.319 e. The monoisotopic (exact) mass is 430 g/mol. The average Bonchev–Trinajstić information content (AvgIpc) is 3.43. The van der Waals surface area contributed by atoms with Crippen molar-refractivity contribution in [1.29, 1.82) is 0 Å². The number of nitrogens with zero attached hydrogens (tertiary/aromatic N) is 2. The standard InChI is InChI=1S/C21H26N4O4S/c1-3-22-20(26)24-16-6-4-14(5-7-16)19-23-17(13-30(2,27)28)10-18(25-19)21-8-9-29-12-15(21)11-21/h4-7,10,15H,3,8-9,11-13H2,1-2H3,(H2,22,24,26)/t15-,21+/m0/s1. The molecule has 2 aliphatic rings. The Balaban J connectivity index is 1.66. The number of hydrogen-bond donors (Lipinski definition) is 2. The Kier molecular flexibility index (Phi) is 5.50. The molecular formula is C21H26N4O4S. The summed E-state index contributed by atoms with van der Waals surface area (Å²) >= 11 is 0. The number of sulfone groups is 1. The van der Waals surface area contributed by atoms with Crippen molar-refractivity contribution in [3.63, 3.8) is 0 Å². The molecule has 2 N–H and O–H groups in total. The molecule has 2 fully saturated rings. The predicted octanol–water partition coefficient (Wildman–Crippen LogP) is 2.51. The summed E-state index contributed by atoms with van der Waals surface area (Å²) in [6, 6.07) is 8.80. The van der Waals surface area contributed by atoms with Gasteiger partial charge in [0.15, 0.2) is 15.7 Å². The lowest BCUT2D eigenvalue weighted by atomic mass is 9.93. The molecule has 9 heteroatoms. The maximum absolute atomic E-state index is 11.9.